The van der Waals surface area contributed by atoms with E-state index in [-0.39, 0.29) is 0 Å². The maximum Gasteiger partial charge on any atom is 0.0714 e. The Kier molecular flexibility index (Phi) is 8.23. The highest BCUT2D eigenvalue weighted by Gasteiger charge is 2.47. The van der Waals surface area contributed by atoms with E-state index < -0.39 is 5.41 Å². The van der Waals surface area contributed by atoms with E-state index in [1.54, 1.807) is 0 Å². The highest BCUT2D eigenvalue weighted by Crippen LogP contribution is 2.59. The number of para-hydroxylation sites is 1. The van der Waals surface area contributed by atoms with Gasteiger partial charge in [-0.25, -0.2) is 0 Å². The van der Waals surface area contributed by atoms with Crippen molar-refractivity contribution >= 4 is 54.4 Å². The maximum absolute atomic E-state index is 2.55. The van der Waals surface area contributed by atoms with Crippen molar-refractivity contribution in [2.75, 3.05) is 0 Å². The van der Waals surface area contributed by atoms with Gasteiger partial charge in [-0.2, -0.15) is 0 Å². The van der Waals surface area contributed by atoms with Gasteiger partial charge >= 0.3 is 0 Å². The van der Waals surface area contributed by atoms with Gasteiger partial charge in [0, 0.05) is 38.2 Å². The topological polar surface area (TPSA) is 9.86 Å². The van der Waals surface area contributed by atoms with Crippen LogP contribution < -0.4 is 0 Å². The Morgan fingerprint density at radius 3 is 1.61 bits per heavy atom. The highest BCUT2D eigenvalue weighted by atomic mass is 15.0. The summed E-state index contributed by atoms with van der Waals surface area (Å²) in [5.74, 6) is 0. The summed E-state index contributed by atoms with van der Waals surface area (Å²) in [5.41, 5.74) is 19.1. The molecule has 1 aliphatic rings. The molecule has 0 saturated carbocycles. The van der Waals surface area contributed by atoms with Crippen LogP contribution in [0.1, 0.15) is 22.3 Å². The maximum atomic E-state index is 2.55. The van der Waals surface area contributed by atoms with E-state index in [1.165, 1.54) is 116 Å². The molecule has 312 valence electrons. The molecule has 0 N–H and O–H groups in total. The number of nitrogens with zero attached hydrogens (tertiary/aromatic N) is 2. The minimum Gasteiger partial charge on any atom is -0.309 e. The van der Waals surface area contributed by atoms with E-state index in [1.807, 2.05) is 0 Å². The van der Waals surface area contributed by atoms with Crippen molar-refractivity contribution in [3.63, 3.8) is 0 Å². The molecule has 0 bridgehead atoms. The van der Waals surface area contributed by atoms with Crippen molar-refractivity contribution < 1.29 is 0 Å². The standard InChI is InChI=1S/C65H42N2/c1-4-18-43(19-5-1)45-22-16-27-50(40-45)66-61-38-34-47(46-35-39-62-55(41-46)52-29-13-15-32-60(52)67(62)59-33-17-21-44-20-10-11-28-51(44)59)42-56(61)53-36-37-58-63(64(53)66)54-30-12-14-31-57(54)65(58,48-23-6-2-7-24-48)49-25-8-3-9-26-49/h1-42H. The zero-order chi connectivity index (χ0) is 44.1. The molecule has 67 heavy (non-hydrogen) atoms. The van der Waals surface area contributed by atoms with Crippen LogP contribution in [0.2, 0.25) is 0 Å². The molecule has 0 aliphatic heterocycles. The molecule has 13 aromatic rings. The molecule has 2 nitrogen and oxygen atoms in total. The Labute approximate surface area is 388 Å². The van der Waals surface area contributed by atoms with Gasteiger partial charge in [-0.05, 0) is 104 Å². The third-order valence-corrected chi connectivity index (χ3v) is 14.6. The second kappa shape index (κ2) is 14.7. The van der Waals surface area contributed by atoms with Crippen LogP contribution in [-0.4, -0.2) is 9.13 Å². The normalized spacial score (nSPS) is 12.9. The Morgan fingerprint density at radius 1 is 0.299 bits per heavy atom. The predicted molar refractivity (Wildman–Crippen MR) is 281 cm³/mol. The molecular weight excluding hydrogens is 809 g/mol. The molecule has 11 aromatic carbocycles. The van der Waals surface area contributed by atoms with Gasteiger partial charge in [-0.15, -0.1) is 0 Å². The van der Waals surface area contributed by atoms with Gasteiger partial charge in [-0.1, -0.05) is 206 Å². The van der Waals surface area contributed by atoms with Gasteiger partial charge in [0.2, 0.25) is 0 Å². The lowest BCUT2D eigenvalue weighted by Crippen LogP contribution is -2.28. The first-order chi connectivity index (χ1) is 33.3. The summed E-state index contributed by atoms with van der Waals surface area (Å²) in [6.45, 7) is 0. The smallest absolute Gasteiger partial charge is 0.0714 e. The first-order valence-electron chi connectivity index (χ1n) is 23.3. The largest absolute Gasteiger partial charge is 0.309 e. The molecule has 0 spiro atoms. The summed E-state index contributed by atoms with van der Waals surface area (Å²) in [6, 6.07) is 94.4. The van der Waals surface area contributed by atoms with Gasteiger partial charge in [0.1, 0.15) is 0 Å². The molecule has 0 saturated heterocycles. The third-order valence-electron chi connectivity index (χ3n) is 14.6. The second-order valence-corrected chi connectivity index (χ2v) is 18.0. The van der Waals surface area contributed by atoms with Gasteiger partial charge in [0.15, 0.2) is 0 Å². The lowest BCUT2D eigenvalue weighted by molar-refractivity contribution is 0.769. The molecule has 0 amide bonds. The third kappa shape index (κ3) is 5.45. The molecule has 1 aliphatic carbocycles. The van der Waals surface area contributed by atoms with Gasteiger partial charge in [0.05, 0.1) is 33.2 Å². The lowest BCUT2D eigenvalue weighted by Gasteiger charge is -2.33. The van der Waals surface area contributed by atoms with Crippen LogP contribution in [0.4, 0.5) is 0 Å². The van der Waals surface area contributed by atoms with Crippen LogP contribution in [0, 0.1) is 0 Å². The molecule has 14 rings (SSSR count). The molecule has 2 heterocycles. The van der Waals surface area contributed by atoms with Crippen LogP contribution in [0.25, 0.3) is 99.1 Å². The van der Waals surface area contributed by atoms with E-state index in [4.69, 9.17) is 0 Å². The fourth-order valence-corrected chi connectivity index (χ4v) is 11.7. The van der Waals surface area contributed by atoms with Crippen molar-refractivity contribution in [1.29, 1.82) is 0 Å². The van der Waals surface area contributed by atoms with E-state index in [0.717, 1.165) is 5.69 Å². The average molecular weight is 851 g/mol. The lowest BCUT2D eigenvalue weighted by atomic mass is 9.67. The summed E-state index contributed by atoms with van der Waals surface area (Å²) < 4.78 is 4.99. The number of rotatable bonds is 6. The minimum absolute atomic E-state index is 0.512. The quantitative estimate of drug-likeness (QED) is 0.158. The number of benzene rings is 11. The SMILES string of the molecule is c1ccc(-c2cccc(-n3c4ccc(-c5ccc6c(c5)c5ccccc5n6-c5cccc6ccccc56)cc4c4ccc5c(c43)-c3ccccc3C5(c3ccccc3)c3ccccc3)c2)cc1. The number of hydrogen-bond acceptors (Lipinski definition) is 0. The number of aromatic nitrogens is 2. The Balaban J connectivity index is 1.05. The van der Waals surface area contributed by atoms with Gasteiger partial charge in [0.25, 0.3) is 0 Å². The molecular formula is C65H42N2. The van der Waals surface area contributed by atoms with E-state index >= 15 is 0 Å². The molecule has 0 unspecified atom stereocenters. The predicted octanol–water partition coefficient (Wildman–Crippen LogP) is 16.7. The summed E-state index contributed by atoms with van der Waals surface area (Å²) >= 11 is 0. The van der Waals surface area contributed by atoms with Crippen molar-refractivity contribution in [1.82, 2.24) is 9.13 Å². The van der Waals surface area contributed by atoms with Crippen LogP contribution in [0.3, 0.4) is 0 Å². The summed E-state index contributed by atoms with van der Waals surface area (Å²) in [5, 5.41) is 7.44. The Hall–Kier alpha value is -8.72. The molecule has 2 aromatic heterocycles. The average Bonchev–Trinajstić information content (AvgIpc) is 4.03. The van der Waals surface area contributed by atoms with Crippen molar-refractivity contribution in [3.05, 3.63) is 277 Å². The molecule has 0 atom stereocenters. The molecule has 0 fully saturated rings. The van der Waals surface area contributed by atoms with Gasteiger partial charge < -0.3 is 9.13 Å². The summed E-state index contributed by atoms with van der Waals surface area (Å²) in [7, 11) is 0. The first-order valence-corrected chi connectivity index (χ1v) is 23.3. The van der Waals surface area contributed by atoms with E-state index in [0.29, 0.717) is 0 Å². The van der Waals surface area contributed by atoms with Crippen molar-refractivity contribution in [2.24, 2.45) is 0 Å². The Morgan fingerprint density at radius 2 is 0.851 bits per heavy atom. The monoisotopic (exact) mass is 850 g/mol. The van der Waals surface area contributed by atoms with E-state index in [9.17, 15) is 0 Å². The van der Waals surface area contributed by atoms with E-state index in [2.05, 4.69) is 264 Å². The van der Waals surface area contributed by atoms with Crippen LogP contribution in [0.5, 0.6) is 0 Å². The van der Waals surface area contributed by atoms with Crippen LogP contribution in [-0.2, 0) is 5.41 Å². The Bertz CT molecular complexity index is 4040. The number of hydrogen-bond donors (Lipinski definition) is 0. The minimum atomic E-state index is -0.512. The van der Waals surface area contributed by atoms with Gasteiger partial charge in [-0.3, -0.25) is 0 Å². The molecule has 0 radical (unpaired) electrons. The van der Waals surface area contributed by atoms with Crippen LogP contribution >= 0.6 is 0 Å². The number of fused-ring (bicyclic) bond motifs is 11. The second-order valence-electron chi connectivity index (χ2n) is 18.0. The fraction of sp³-hybridized carbons (Fsp3) is 0.0154. The summed E-state index contributed by atoms with van der Waals surface area (Å²) in [4.78, 5) is 0. The zero-order valence-electron chi connectivity index (χ0n) is 36.6. The zero-order valence-corrected chi connectivity index (χ0v) is 36.6. The molecule has 2 heteroatoms. The fourth-order valence-electron chi connectivity index (χ4n) is 11.7. The first kappa shape index (κ1) is 37.6. The van der Waals surface area contributed by atoms with Crippen LogP contribution in [0.15, 0.2) is 255 Å². The highest BCUT2D eigenvalue weighted by molar-refractivity contribution is 6.17. The van der Waals surface area contributed by atoms with Crippen molar-refractivity contribution in [3.8, 4) is 44.8 Å². The van der Waals surface area contributed by atoms with Crippen molar-refractivity contribution in [2.45, 2.75) is 5.41 Å². The summed E-state index contributed by atoms with van der Waals surface area (Å²) in [6.07, 6.45) is 0.